The van der Waals surface area contributed by atoms with E-state index in [1.54, 1.807) is 11.0 Å². The van der Waals surface area contributed by atoms with E-state index >= 15 is 0 Å². The van der Waals surface area contributed by atoms with E-state index in [0.29, 0.717) is 27.1 Å². The third kappa shape index (κ3) is 7.36. The molecule has 10 nitrogen and oxygen atoms in total. The molecular weight excluding hydrogens is 613 g/mol. The molecule has 228 valence electrons. The SMILES string of the molecule is CC[n+]1c(/C=C/C(C)=C/C=C2\N(C#CN)c3cc(Cl)c(COOC)cc3N2CCCS(=O)(=O)O)n(C)c2cc(Cl)ccc21. The van der Waals surface area contributed by atoms with E-state index in [2.05, 4.69) is 28.1 Å². The summed E-state index contributed by atoms with van der Waals surface area (Å²) in [5.41, 5.74) is 10.8. The van der Waals surface area contributed by atoms with Gasteiger partial charge in [0.2, 0.25) is 0 Å². The van der Waals surface area contributed by atoms with Crippen LogP contribution in [0.3, 0.4) is 0 Å². The lowest BCUT2D eigenvalue weighted by molar-refractivity contribution is -0.670. The molecule has 3 N–H and O–H groups in total. The summed E-state index contributed by atoms with van der Waals surface area (Å²) < 4.78 is 36.6. The van der Waals surface area contributed by atoms with Crippen molar-refractivity contribution in [1.82, 2.24) is 4.57 Å². The summed E-state index contributed by atoms with van der Waals surface area (Å²) in [6.45, 7) is 5.23. The summed E-state index contributed by atoms with van der Waals surface area (Å²) in [5, 5.41) is 1.12. The number of aryl methyl sites for hydroxylation is 2. The van der Waals surface area contributed by atoms with E-state index in [9.17, 15) is 13.0 Å². The molecule has 2 heterocycles. The number of fused-ring (bicyclic) bond motifs is 2. The number of hydrogen-bond donors (Lipinski definition) is 2. The van der Waals surface area contributed by atoms with Crippen molar-refractivity contribution < 1.29 is 27.3 Å². The van der Waals surface area contributed by atoms with Crippen LogP contribution in [0.4, 0.5) is 11.4 Å². The number of nitrogens with two attached hydrogens (primary N) is 1. The van der Waals surface area contributed by atoms with Crippen molar-refractivity contribution in [2.45, 2.75) is 33.4 Å². The summed E-state index contributed by atoms with van der Waals surface area (Å²) in [5.74, 6) is 1.25. The number of hydrogen-bond acceptors (Lipinski definition) is 7. The summed E-state index contributed by atoms with van der Waals surface area (Å²) in [6.07, 6.45) is 8.04. The van der Waals surface area contributed by atoms with Gasteiger partial charge >= 0.3 is 0 Å². The maximum absolute atomic E-state index is 11.5. The highest BCUT2D eigenvalue weighted by atomic mass is 35.5. The van der Waals surface area contributed by atoms with Gasteiger partial charge in [-0.15, -0.1) is 0 Å². The van der Waals surface area contributed by atoms with Gasteiger partial charge in [0.25, 0.3) is 15.9 Å². The number of halogens is 2. The van der Waals surface area contributed by atoms with Gasteiger partial charge in [-0.05, 0) is 50.6 Å². The van der Waals surface area contributed by atoms with Crippen molar-refractivity contribution in [2.75, 3.05) is 29.2 Å². The second-order valence-corrected chi connectivity index (χ2v) is 12.2. The maximum Gasteiger partial charge on any atom is 0.282 e. The molecule has 0 spiro atoms. The van der Waals surface area contributed by atoms with Crippen LogP contribution in [0.15, 0.2) is 60.0 Å². The summed E-state index contributed by atoms with van der Waals surface area (Å²) >= 11 is 12.8. The number of anilines is 2. The molecule has 2 aromatic carbocycles. The van der Waals surface area contributed by atoms with Gasteiger partial charge in [0.05, 0.1) is 37.8 Å². The van der Waals surface area contributed by atoms with Crippen molar-refractivity contribution >= 4 is 61.8 Å². The summed E-state index contributed by atoms with van der Waals surface area (Å²) in [4.78, 5) is 13.4. The zero-order valence-electron chi connectivity index (χ0n) is 24.3. The van der Waals surface area contributed by atoms with Gasteiger partial charge in [-0.2, -0.15) is 8.42 Å². The Morgan fingerprint density at radius 2 is 1.98 bits per heavy atom. The molecule has 0 unspecified atom stereocenters. The topological polar surface area (TPSA) is 114 Å². The predicted molar refractivity (Wildman–Crippen MR) is 171 cm³/mol. The lowest BCUT2D eigenvalue weighted by atomic mass is 10.1. The lowest BCUT2D eigenvalue weighted by Crippen LogP contribution is -2.34. The highest BCUT2D eigenvalue weighted by Crippen LogP contribution is 2.44. The van der Waals surface area contributed by atoms with Crippen LogP contribution in [0.5, 0.6) is 0 Å². The number of nitrogens with zero attached hydrogens (tertiary/aromatic N) is 4. The fourth-order valence-corrected chi connectivity index (χ4v) is 5.87. The first-order chi connectivity index (χ1) is 20.5. The first kappa shape index (κ1) is 32.4. The van der Waals surface area contributed by atoms with Crippen molar-refractivity contribution in [1.29, 1.82) is 0 Å². The minimum atomic E-state index is -4.14. The largest absolute Gasteiger partial charge is 0.358 e. The molecule has 0 saturated heterocycles. The molecule has 13 heteroatoms. The van der Waals surface area contributed by atoms with Crippen molar-refractivity contribution in [3.8, 4) is 12.1 Å². The normalized spacial score (nSPS) is 14.7. The Balaban J connectivity index is 1.74. The van der Waals surface area contributed by atoms with E-state index in [1.807, 2.05) is 67.4 Å². The Hall–Kier alpha value is -3.50. The number of rotatable bonds is 11. The average molecular weight is 648 g/mol. The van der Waals surface area contributed by atoms with Gasteiger partial charge in [-0.3, -0.25) is 9.45 Å². The van der Waals surface area contributed by atoms with Crippen molar-refractivity contribution in [3.63, 3.8) is 0 Å². The molecule has 1 aliphatic rings. The zero-order chi connectivity index (χ0) is 31.3. The molecule has 4 rings (SSSR count). The van der Waals surface area contributed by atoms with Crippen molar-refractivity contribution in [3.05, 3.63) is 81.4 Å². The highest BCUT2D eigenvalue weighted by Gasteiger charge is 2.32. The Bertz CT molecular complexity index is 1790. The lowest BCUT2D eigenvalue weighted by Gasteiger charge is -2.22. The van der Waals surface area contributed by atoms with Gasteiger partial charge in [-0.25, -0.2) is 18.9 Å². The highest BCUT2D eigenvalue weighted by molar-refractivity contribution is 7.85. The van der Waals surface area contributed by atoms with E-state index in [-0.39, 0.29) is 19.6 Å². The van der Waals surface area contributed by atoms with Crippen LogP contribution in [0.1, 0.15) is 31.7 Å². The molecule has 43 heavy (non-hydrogen) atoms. The van der Waals surface area contributed by atoms with Gasteiger partial charge in [0, 0.05) is 46.4 Å². The van der Waals surface area contributed by atoms with Crippen LogP contribution in [0, 0.1) is 12.1 Å². The molecule has 3 aromatic rings. The summed E-state index contributed by atoms with van der Waals surface area (Å²) in [7, 11) is -0.728. The van der Waals surface area contributed by atoms with Crippen LogP contribution < -0.4 is 20.1 Å². The first-order valence-corrected chi connectivity index (χ1v) is 15.8. The fraction of sp³-hybridized carbons (Fsp3) is 0.300. The minimum Gasteiger partial charge on any atom is -0.358 e. The second kappa shape index (κ2) is 13.9. The van der Waals surface area contributed by atoms with Crippen LogP contribution in [0.25, 0.3) is 17.1 Å². The minimum absolute atomic E-state index is 0.102. The average Bonchev–Trinajstić information content (AvgIpc) is 3.38. The molecule has 0 amide bonds. The van der Waals surface area contributed by atoms with E-state index in [1.165, 1.54) is 7.11 Å². The molecule has 0 fully saturated rings. The molecule has 0 aliphatic carbocycles. The molecule has 0 radical (unpaired) electrons. The molecule has 1 aromatic heterocycles. The van der Waals surface area contributed by atoms with Gasteiger partial charge in [-0.1, -0.05) is 40.9 Å². The molecule has 0 atom stereocenters. The van der Waals surface area contributed by atoms with E-state index in [4.69, 9.17) is 38.7 Å². The first-order valence-electron chi connectivity index (χ1n) is 13.5. The predicted octanol–water partition coefficient (Wildman–Crippen LogP) is 5.15. The molecule has 0 saturated carbocycles. The van der Waals surface area contributed by atoms with Gasteiger partial charge in [0.15, 0.2) is 11.0 Å². The molecule has 0 bridgehead atoms. The number of imidazole rings is 1. The van der Waals surface area contributed by atoms with Crippen LogP contribution in [-0.4, -0.2) is 36.9 Å². The Morgan fingerprint density at radius 3 is 2.65 bits per heavy atom. The van der Waals surface area contributed by atoms with Crippen molar-refractivity contribution in [2.24, 2.45) is 12.8 Å². The van der Waals surface area contributed by atoms with Crippen LogP contribution in [-0.2, 0) is 40.1 Å². The number of aromatic nitrogens is 2. The zero-order valence-corrected chi connectivity index (χ0v) is 26.7. The maximum atomic E-state index is 11.5. The van der Waals surface area contributed by atoms with Crippen LogP contribution in [0.2, 0.25) is 10.0 Å². The fourth-order valence-electron chi connectivity index (χ4n) is 5.00. The molecule has 1 aliphatic heterocycles. The Kier molecular flexibility index (Phi) is 10.4. The van der Waals surface area contributed by atoms with Gasteiger partial charge < -0.3 is 10.6 Å². The standard InChI is InChI=1S/C30H33Cl2N5O5S/c1-5-35-25-10-9-23(31)18-26(25)34(3)29(35)11-7-21(2)8-12-30-36(14-6-16-43(38,39)40)27-17-22(20-42-41-4)24(32)19-28(27)37(30)15-13-33/h7-12,17-19H,5-6,14,16,20,33H2,1-4H3/p+1. The third-order valence-electron chi connectivity index (χ3n) is 6.99. The Labute approximate surface area is 261 Å². The van der Waals surface area contributed by atoms with Gasteiger partial charge in [0.1, 0.15) is 12.4 Å². The smallest absolute Gasteiger partial charge is 0.282 e. The molecular formula is C30H34Cl2N5O5S+. The number of benzene rings is 2. The summed E-state index contributed by atoms with van der Waals surface area (Å²) in [6, 6.07) is 14.8. The monoisotopic (exact) mass is 646 g/mol. The van der Waals surface area contributed by atoms with E-state index in [0.717, 1.165) is 34.7 Å². The van der Waals surface area contributed by atoms with E-state index < -0.39 is 15.9 Å². The quantitative estimate of drug-likeness (QED) is 0.0559. The Morgan fingerprint density at radius 1 is 1.21 bits per heavy atom. The third-order valence-corrected chi connectivity index (χ3v) is 8.38. The van der Waals surface area contributed by atoms with Crippen LogP contribution >= 0.6 is 23.2 Å². The number of allylic oxidation sites excluding steroid dienone is 4. The second-order valence-electron chi connectivity index (χ2n) is 9.81.